The zero-order valence-corrected chi connectivity index (χ0v) is 14.7. The van der Waals surface area contributed by atoms with Gasteiger partial charge in [0.15, 0.2) is 0 Å². The number of aromatic amines is 1. The molecule has 126 valence electrons. The van der Waals surface area contributed by atoms with Gasteiger partial charge in [-0.25, -0.2) is 4.79 Å². The number of nitrogens with one attached hydrogen (secondary N) is 1. The minimum Gasteiger partial charge on any atom is -0.462 e. The second-order valence-electron chi connectivity index (χ2n) is 5.93. The normalized spacial score (nSPS) is 11.6. The zero-order chi connectivity index (χ0) is 17.1. The Kier molecular flexibility index (Phi) is 5.52. The topological polar surface area (TPSA) is 64.1 Å². The molecule has 2 aromatic rings. The number of hydrogen-bond donors (Lipinski definition) is 1. The van der Waals surface area contributed by atoms with E-state index in [1.807, 2.05) is 6.07 Å². The van der Waals surface area contributed by atoms with Crippen molar-refractivity contribution in [1.29, 1.82) is 0 Å². The molecule has 0 radical (unpaired) electrons. The Morgan fingerprint density at radius 3 is 2.52 bits per heavy atom. The minimum atomic E-state index is -0.432. The fraction of sp³-hybridized carbons (Fsp3) is 0.529. The quantitative estimate of drug-likeness (QED) is 0.814. The number of benzene rings is 1. The molecule has 1 N–H and O–H groups in total. The summed E-state index contributed by atoms with van der Waals surface area (Å²) < 4.78 is 6.60. The van der Waals surface area contributed by atoms with Gasteiger partial charge in [-0.1, -0.05) is 31.5 Å². The van der Waals surface area contributed by atoms with Crippen LogP contribution in [0.5, 0.6) is 0 Å². The molecule has 1 heterocycles. The number of carbonyl (C=O) groups excluding carboxylic acids is 1. The van der Waals surface area contributed by atoms with Crippen LogP contribution in [0.15, 0.2) is 16.9 Å². The summed E-state index contributed by atoms with van der Waals surface area (Å²) in [5.74, 6) is -0.129. The fourth-order valence-electron chi connectivity index (χ4n) is 2.91. The highest BCUT2D eigenvalue weighted by atomic mass is 35.5. The molecule has 0 fully saturated rings. The SMILES string of the molecule is CCC(CC)c1ccc(Cl)c2[nH]c(=O)n(CC(=O)OC(C)C)c12. The third-order valence-corrected chi connectivity index (χ3v) is 4.30. The van der Waals surface area contributed by atoms with Gasteiger partial charge in [0.1, 0.15) is 6.54 Å². The molecule has 0 aliphatic heterocycles. The third-order valence-electron chi connectivity index (χ3n) is 3.99. The first-order chi connectivity index (χ1) is 10.9. The maximum atomic E-state index is 12.3. The largest absolute Gasteiger partial charge is 0.462 e. The standard InChI is InChI=1S/C17H23ClN2O3/c1-5-11(6-2)12-7-8-13(18)15-16(12)20(17(22)19-15)9-14(21)23-10(3)4/h7-8,10-11H,5-6,9H2,1-4H3,(H,19,22). The van der Waals surface area contributed by atoms with Gasteiger partial charge in [0, 0.05) is 0 Å². The van der Waals surface area contributed by atoms with E-state index in [1.54, 1.807) is 19.9 Å². The molecule has 0 unspecified atom stereocenters. The van der Waals surface area contributed by atoms with Gasteiger partial charge in [-0.3, -0.25) is 9.36 Å². The molecular formula is C17H23ClN2O3. The highest BCUT2D eigenvalue weighted by molar-refractivity contribution is 6.35. The summed E-state index contributed by atoms with van der Waals surface area (Å²) in [6.07, 6.45) is 1.68. The predicted molar refractivity (Wildman–Crippen MR) is 92.1 cm³/mol. The van der Waals surface area contributed by atoms with Crippen LogP contribution in [0.2, 0.25) is 5.02 Å². The minimum absolute atomic E-state index is 0.121. The first-order valence-electron chi connectivity index (χ1n) is 7.99. The molecule has 1 aromatic heterocycles. The van der Waals surface area contributed by atoms with E-state index in [9.17, 15) is 9.59 Å². The molecular weight excluding hydrogens is 316 g/mol. The lowest BCUT2D eigenvalue weighted by atomic mass is 9.93. The van der Waals surface area contributed by atoms with Crippen molar-refractivity contribution in [2.45, 2.75) is 59.1 Å². The molecule has 2 rings (SSSR count). The van der Waals surface area contributed by atoms with Gasteiger partial charge in [0.2, 0.25) is 0 Å². The van der Waals surface area contributed by atoms with Crippen molar-refractivity contribution in [3.63, 3.8) is 0 Å². The number of ether oxygens (including phenoxy) is 1. The van der Waals surface area contributed by atoms with Crippen LogP contribution >= 0.6 is 11.6 Å². The average Bonchev–Trinajstić information content (AvgIpc) is 2.80. The maximum Gasteiger partial charge on any atom is 0.327 e. The van der Waals surface area contributed by atoms with Crippen LogP contribution in [-0.4, -0.2) is 21.6 Å². The zero-order valence-electron chi connectivity index (χ0n) is 14.0. The second kappa shape index (κ2) is 7.21. The Hall–Kier alpha value is -1.75. The molecule has 0 spiro atoms. The van der Waals surface area contributed by atoms with Crippen molar-refractivity contribution >= 4 is 28.6 Å². The lowest BCUT2D eigenvalue weighted by molar-refractivity contribution is -0.148. The van der Waals surface area contributed by atoms with E-state index < -0.39 is 5.97 Å². The van der Waals surface area contributed by atoms with E-state index in [-0.39, 0.29) is 18.3 Å². The summed E-state index contributed by atoms with van der Waals surface area (Å²) in [5.41, 5.74) is 1.97. The van der Waals surface area contributed by atoms with Crippen molar-refractivity contribution in [3.8, 4) is 0 Å². The van der Waals surface area contributed by atoms with Crippen molar-refractivity contribution in [3.05, 3.63) is 33.2 Å². The number of fused-ring (bicyclic) bond motifs is 1. The summed E-state index contributed by atoms with van der Waals surface area (Å²) in [7, 11) is 0. The molecule has 23 heavy (non-hydrogen) atoms. The van der Waals surface area contributed by atoms with Crippen molar-refractivity contribution in [2.24, 2.45) is 0 Å². The molecule has 0 amide bonds. The average molecular weight is 339 g/mol. The van der Waals surface area contributed by atoms with Gasteiger partial charge in [0.25, 0.3) is 0 Å². The highest BCUT2D eigenvalue weighted by Crippen LogP contribution is 2.32. The summed E-state index contributed by atoms with van der Waals surface area (Å²) in [4.78, 5) is 27.1. The highest BCUT2D eigenvalue weighted by Gasteiger charge is 2.20. The molecule has 0 bridgehead atoms. The smallest absolute Gasteiger partial charge is 0.327 e. The molecule has 5 nitrogen and oxygen atoms in total. The van der Waals surface area contributed by atoms with Crippen LogP contribution in [0.3, 0.4) is 0 Å². The number of imidazole rings is 1. The van der Waals surface area contributed by atoms with E-state index in [4.69, 9.17) is 16.3 Å². The van der Waals surface area contributed by atoms with Crippen molar-refractivity contribution < 1.29 is 9.53 Å². The molecule has 6 heteroatoms. The van der Waals surface area contributed by atoms with E-state index in [0.29, 0.717) is 22.0 Å². The van der Waals surface area contributed by atoms with E-state index in [1.165, 1.54) is 4.57 Å². The Balaban J connectivity index is 2.60. The van der Waals surface area contributed by atoms with E-state index in [2.05, 4.69) is 18.8 Å². The number of halogens is 1. The lowest BCUT2D eigenvalue weighted by Gasteiger charge is -2.16. The Morgan fingerprint density at radius 2 is 1.96 bits per heavy atom. The Bertz CT molecular complexity index is 757. The van der Waals surface area contributed by atoms with Gasteiger partial charge < -0.3 is 9.72 Å². The Morgan fingerprint density at radius 1 is 1.30 bits per heavy atom. The van der Waals surface area contributed by atoms with Gasteiger partial charge in [-0.2, -0.15) is 0 Å². The summed E-state index contributed by atoms with van der Waals surface area (Å²) in [5, 5.41) is 0.475. The van der Waals surface area contributed by atoms with Crippen LogP contribution in [0.1, 0.15) is 52.0 Å². The second-order valence-corrected chi connectivity index (χ2v) is 6.34. The third kappa shape index (κ3) is 3.61. The Labute approximate surface area is 140 Å². The summed E-state index contributed by atoms with van der Waals surface area (Å²) in [6.45, 7) is 7.66. The van der Waals surface area contributed by atoms with Crippen LogP contribution in [0, 0.1) is 0 Å². The summed E-state index contributed by atoms with van der Waals surface area (Å²) in [6, 6.07) is 3.74. The number of esters is 1. The molecule has 0 atom stereocenters. The van der Waals surface area contributed by atoms with Crippen LogP contribution in [0.25, 0.3) is 11.0 Å². The molecule has 1 aromatic carbocycles. The number of H-pyrrole nitrogens is 1. The van der Waals surface area contributed by atoms with Gasteiger partial charge in [0.05, 0.1) is 22.2 Å². The van der Waals surface area contributed by atoms with Crippen molar-refractivity contribution in [2.75, 3.05) is 0 Å². The molecule has 0 aliphatic rings. The number of rotatable bonds is 6. The first-order valence-corrected chi connectivity index (χ1v) is 8.37. The maximum absolute atomic E-state index is 12.3. The van der Waals surface area contributed by atoms with E-state index >= 15 is 0 Å². The summed E-state index contributed by atoms with van der Waals surface area (Å²) >= 11 is 6.23. The number of carbonyl (C=O) groups is 1. The number of hydrogen-bond acceptors (Lipinski definition) is 3. The first kappa shape index (κ1) is 17.6. The monoisotopic (exact) mass is 338 g/mol. The molecule has 0 saturated carbocycles. The van der Waals surface area contributed by atoms with Crippen molar-refractivity contribution in [1.82, 2.24) is 9.55 Å². The van der Waals surface area contributed by atoms with Gasteiger partial charge in [-0.15, -0.1) is 0 Å². The van der Waals surface area contributed by atoms with Gasteiger partial charge >= 0.3 is 11.7 Å². The van der Waals surface area contributed by atoms with Crippen LogP contribution < -0.4 is 5.69 Å². The van der Waals surface area contributed by atoms with E-state index in [0.717, 1.165) is 18.4 Å². The number of aromatic nitrogens is 2. The van der Waals surface area contributed by atoms with Crippen LogP contribution in [0.4, 0.5) is 0 Å². The lowest BCUT2D eigenvalue weighted by Crippen LogP contribution is -2.25. The van der Waals surface area contributed by atoms with Crippen LogP contribution in [-0.2, 0) is 16.1 Å². The number of nitrogens with zero attached hydrogens (tertiary/aromatic N) is 1. The molecule has 0 aliphatic carbocycles. The predicted octanol–water partition coefficient (Wildman–Crippen LogP) is 3.84. The fourth-order valence-corrected chi connectivity index (χ4v) is 3.11. The van der Waals surface area contributed by atoms with Gasteiger partial charge in [-0.05, 0) is 44.2 Å². The molecule has 0 saturated heterocycles.